The predicted octanol–water partition coefficient (Wildman–Crippen LogP) is 3.55. The van der Waals surface area contributed by atoms with E-state index in [9.17, 15) is 0 Å². The third-order valence-corrected chi connectivity index (χ3v) is 4.06. The summed E-state index contributed by atoms with van der Waals surface area (Å²) in [5.74, 6) is 0. The minimum Gasteiger partial charge on any atom is -0.382 e. The van der Waals surface area contributed by atoms with Crippen molar-refractivity contribution in [2.24, 2.45) is 0 Å². The molecule has 1 saturated heterocycles. The standard InChI is InChI=1S/C13H18BBrO3/c1-12(2)13(3,4)18-14(17-12)16-9-10-5-7-11(15)8-6-10/h5-8H,9H2,1-4H3. The molecule has 0 radical (unpaired) electrons. The Morgan fingerprint density at radius 2 is 1.56 bits per heavy atom. The van der Waals surface area contributed by atoms with Gasteiger partial charge in [0.2, 0.25) is 0 Å². The molecule has 1 fully saturated rings. The van der Waals surface area contributed by atoms with Gasteiger partial charge in [-0.1, -0.05) is 28.1 Å². The molecule has 0 saturated carbocycles. The molecule has 1 aromatic carbocycles. The molecular weight excluding hydrogens is 295 g/mol. The topological polar surface area (TPSA) is 27.7 Å². The highest BCUT2D eigenvalue weighted by Gasteiger charge is 2.52. The van der Waals surface area contributed by atoms with Crippen molar-refractivity contribution in [1.29, 1.82) is 0 Å². The van der Waals surface area contributed by atoms with Crippen molar-refractivity contribution in [3.63, 3.8) is 0 Å². The summed E-state index contributed by atoms with van der Waals surface area (Å²) in [4.78, 5) is 0. The van der Waals surface area contributed by atoms with Crippen molar-refractivity contribution in [3.05, 3.63) is 34.3 Å². The molecule has 1 aliphatic rings. The lowest BCUT2D eigenvalue weighted by Crippen LogP contribution is -2.41. The van der Waals surface area contributed by atoms with Gasteiger partial charge in [-0.05, 0) is 45.4 Å². The first-order valence-electron chi connectivity index (χ1n) is 6.02. The molecule has 0 N–H and O–H groups in total. The van der Waals surface area contributed by atoms with Crippen LogP contribution in [0.4, 0.5) is 0 Å². The zero-order valence-electron chi connectivity index (χ0n) is 11.2. The lowest BCUT2D eigenvalue weighted by molar-refractivity contribution is 0.00578. The van der Waals surface area contributed by atoms with Gasteiger partial charge >= 0.3 is 7.32 Å². The molecule has 0 bridgehead atoms. The Labute approximate surface area is 117 Å². The summed E-state index contributed by atoms with van der Waals surface area (Å²) in [7, 11) is -0.598. The molecule has 98 valence electrons. The van der Waals surface area contributed by atoms with Gasteiger partial charge in [0, 0.05) is 4.47 Å². The second-order valence-corrected chi connectivity index (χ2v) is 6.40. The SMILES string of the molecule is CC1(C)OB(OCc2ccc(Br)cc2)OC1(C)C. The van der Waals surface area contributed by atoms with E-state index in [1.165, 1.54) is 0 Å². The van der Waals surface area contributed by atoms with Crippen LogP contribution in [-0.4, -0.2) is 18.5 Å². The zero-order valence-corrected chi connectivity index (χ0v) is 12.8. The van der Waals surface area contributed by atoms with E-state index < -0.39 is 7.32 Å². The molecule has 0 spiro atoms. The van der Waals surface area contributed by atoms with Crippen LogP contribution in [0, 0.1) is 0 Å². The Kier molecular flexibility index (Phi) is 3.88. The molecular formula is C13H18BBrO3. The van der Waals surface area contributed by atoms with Gasteiger partial charge in [0.1, 0.15) is 0 Å². The molecule has 0 aliphatic carbocycles. The fraction of sp³-hybridized carbons (Fsp3) is 0.538. The van der Waals surface area contributed by atoms with E-state index in [4.69, 9.17) is 14.0 Å². The van der Waals surface area contributed by atoms with Crippen LogP contribution in [0.5, 0.6) is 0 Å². The highest BCUT2D eigenvalue weighted by atomic mass is 79.9. The minimum atomic E-state index is -0.598. The lowest BCUT2D eigenvalue weighted by Gasteiger charge is -2.31. The summed E-state index contributed by atoms with van der Waals surface area (Å²) in [6, 6.07) is 8.00. The molecule has 18 heavy (non-hydrogen) atoms. The van der Waals surface area contributed by atoms with E-state index in [-0.39, 0.29) is 11.2 Å². The summed E-state index contributed by atoms with van der Waals surface area (Å²) < 4.78 is 18.2. The van der Waals surface area contributed by atoms with E-state index in [1.54, 1.807) is 0 Å². The lowest BCUT2D eigenvalue weighted by atomic mass is 9.90. The van der Waals surface area contributed by atoms with Crippen LogP contribution in [-0.2, 0) is 20.6 Å². The molecule has 0 atom stereocenters. The van der Waals surface area contributed by atoms with Crippen LogP contribution in [0.1, 0.15) is 33.3 Å². The molecule has 0 amide bonds. The fourth-order valence-electron chi connectivity index (χ4n) is 1.60. The Morgan fingerprint density at radius 3 is 2.06 bits per heavy atom. The van der Waals surface area contributed by atoms with Crippen LogP contribution in [0.15, 0.2) is 28.7 Å². The number of benzene rings is 1. The third-order valence-electron chi connectivity index (χ3n) is 3.53. The molecule has 0 aromatic heterocycles. The highest BCUT2D eigenvalue weighted by molar-refractivity contribution is 9.10. The van der Waals surface area contributed by atoms with Crippen molar-refractivity contribution in [2.75, 3.05) is 0 Å². The van der Waals surface area contributed by atoms with Crippen molar-refractivity contribution in [3.8, 4) is 0 Å². The van der Waals surface area contributed by atoms with Crippen molar-refractivity contribution < 1.29 is 14.0 Å². The number of rotatable bonds is 3. The van der Waals surface area contributed by atoms with Crippen LogP contribution >= 0.6 is 15.9 Å². The van der Waals surface area contributed by atoms with Crippen molar-refractivity contribution in [1.82, 2.24) is 0 Å². The average Bonchev–Trinajstić information content (AvgIpc) is 2.47. The molecule has 3 nitrogen and oxygen atoms in total. The Hall–Kier alpha value is -0.355. The normalized spacial score (nSPS) is 21.3. The Morgan fingerprint density at radius 1 is 1.06 bits per heavy atom. The maximum Gasteiger partial charge on any atom is 0.640 e. The van der Waals surface area contributed by atoms with Gasteiger partial charge in [0.15, 0.2) is 0 Å². The van der Waals surface area contributed by atoms with Gasteiger partial charge in [-0.2, -0.15) is 0 Å². The first kappa shape index (κ1) is 14.1. The molecule has 1 aromatic rings. The number of halogens is 1. The summed E-state index contributed by atoms with van der Waals surface area (Å²) >= 11 is 3.40. The molecule has 1 heterocycles. The largest absolute Gasteiger partial charge is 0.640 e. The second kappa shape index (κ2) is 4.97. The average molecular weight is 313 g/mol. The van der Waals surface area contributed by atoms with Gasteiger partial charge in [-0.25, -0.2) is 0 Å². The summed E-state index contributed by atoms with van der Waals surface area (Å²) in [5, 5.41) is 0. The van der Waals surface area contributed by atoms with Gasteiger partial charge in [-0.15, -0.1) is 0 Å². The zero-order chi connectivity index (χ0) is 13.4. The molecule has 5 heteroatoms. The Bertz CT molecular complexity index is 401. The Balaban J connectivity index is 1.91. The van der Waals surface area contributed by atoms with E-state index in [0.29, 0.717) is 6.61 Å². The van der Waals surface area contributed by atoms with Crippen LogP contribution in [0.3, 0.4) is 0 Å². The summed E-state index contributed by atoms with van der Waals surface area (Å²) in [6.07, 6.45) is 0. The number of hydrogen-bond donors (Lipinski definition) is 0. The molecule has 2 rings (SSSR count). The predicted molar refractivity (Wildman–Crippen MR) is 75.0 cm³/mol. The van der Waals surface area contributed by atoms with E-state index in [1.807, 2.05) is 52.0 Å². The van der Waals surface area contributed by atoms with Gasteiger partial charge < -0.3 is 14.0 Å². The third kappa shape index (κ3) is 2.96. The first-order valence-corrected chi connectivity index (χ1v) is 6.81. The van der Waals surface area contributed by atoms with Crippen LogP contribution < -0.4 is 0 Å². The fourth-order valence-corrected chi connectivity index (χ4v) is 1.87. The minimum absolute atomic E-state index is 0.350. The van der Waals surface area contributed by atoms with Crippen LogP contribution in [0.25, 0.3) is 0 Å². The summed E-state index contributed by atoms with van der Waals surface area (Å²) in [5.41, 5.74) is 0.391. The molecule has 1 aliphatic heterocycles. The van der Waals surface area contributed by atoms with E-state index in [2.05, 4.69) is 15.9 Å². The van der Waals surface area contributed by atoms with Gasteiger partial charge in [0.25, 0.3) is 0 Å². The van der Waals surface area contributed by atoms with E-state index in [0.717, 1.165) is 10.0 Å². The van der Waals surface area contributed by atoms with Gasteiger partial charge in [-0.3, -0.25) is 0 Å². The second-order valence-electron chi connectivity index (χ2n) is 5.48. The molecule has 0 unspecified atom stereocenters. The first-order chi connectivity index (χ1) is 8.30. The van der Waals surface area contributed by atoms with Crippen LogP contribution in [0.2, 0.25) is 0 Å². The maximum atomic E-state index is 5.76. The van der Waals surface area contributed by atoms with E-state index >= 15 is 0 Å². The smallest absolute Gasteiger partial charge is 0.382 e. The maximum absolute atomic E-state index is 5.76. The monoisotopic (exact) mass is 312 g/mol. The van der Waals surface area contributed by atoms with Crippen molar-refractivity contribution in [2.45, 2.75) is 45.5 Å². The highest BCUT2D eigenvalue weighted by Crippen LogP contribution is 2.37. The van der Waals surface area contributed by atoms with Gasteiger partial charge in [0.05, 0.1) is 17.8 Å². The van der Waals surface area contributed by atoms with Crippen molar-refractivity contribution >= 4 is 23.3 Å². The summed E-state index contributed by atoms with van der Waals surface area (Å²) in [6.45, 7) is 8.52. The quantitative estimate of drug-likeness (QED) is 0.799. The number of hydrogen-bond acceptors (Lipinski definition) is 3.